The van der Waals surface area contributed by atoms with Gasteiger partial charge < -0.3 is 13.7 Å². The van der Waals surface area contributed by atoms with E-state index < -0.39 is 24.2 Å². The van der Waals surface area contributed by atoms with Gasteiger partial charge in [-0.25, -0.2) is 42.4 Å². The first-order valence-corrected chi connectivity index (χ1v) is 51.1. The van der Waals surface area contributed by atoms with E-state index in [1.54, 1.807) is 0 Å². The van der Waals surface area contributed by atoms with Crippen LogP contribution in [0, 0.1) is 57.2 Å². The zero-order chi connectivity index (χ0) is 84.3. The summed E-state index contributed by atoms with van der Waals surface area (Å²) < 4.78 is 20.4. The largest absolute Gasteiger partial charge is 0.319 e. The molecular weight excluding hydrogens is 2120 g/mol. The Morgan fingerprint density at radius 1 is 0.304 bits per heavy atom. The second-order valence-electron chi connectivity index (χ2n) is 35.3. The Bertz CT molecular complexity index is 7680. The normalized spacial score (nSPS) is 12.0. The van der Waals surface area contributed by atoms with Crippen LogP contribution in [-0.4, -0.2) is 80.3 Å². The van der Waals surface area contributed by atoms with E-state index in [2.05, 4.69) is 453 Å². The van der Waals surface area contributed by atoms with Gasteiger partial charge in [-0.2, -0.15) is 122 Å². The number of nitrogens with zero attached hydrogens (tertiary/aromatic N) is 12. The minimum atomic E-state index is -2.18. The van der Waals surface area contributed by atoms with Crippen molar-refractivity contribution in [2.24, 2.45) is 7.05 Å². The number of para-hydroxylation sites is 9. The van der Waals surface area contributed by atoms with Gasteiger partial charge in [-0.05, 0) is 179 Å². The maximum atomic E-state index is 4.76. The zero-order valence-electron chi connectivity index (χ0n) is 72.8. The number of hydrogen-bond acceptors (Lipinski definition) is 3. The van der Waals surface area contributed by atoms with E-state index >= 15 is 0 Å². The minimum absolute atomic E-state index is 0. The predicted molar refractivity (Wildman–Crippen MR) is 517 cm³/mol. The van der Waals surface area contributed by atoms with E-state index in [0.29, 0.717) is 6.04 Å². The Morgan fingerprint density at radius 3 is 0.952 bits per heavy atom. The Balaban J connectivity index is 0.000000137. The van der Waals surface area contributed by atoms with Gasteiger partial charge in [0.05, 0.1) is 35.8 Å². The maximum Gasteiger partial charge on any atom is 0.188 e. The molecule has 9 heterocycles. The average molecular weight is 2220 g/mol. The molecule has 0 aliphatic carbocycles. The van der Waals surface area contributed by atoms with E-state index in [0.717, 1.165) is 67.6 Å². The zero-order valence-corrected chi connectivity index (χ0v) is 82.7. The van der Waals surface area contributed by atoms with E-state index in [9.17, 15) is 0 Å². The number of hydrogen-bond donors (Lipinski definition) is 0. The molecule has 0 saturated heterocycles. The van der Waals surface area contributed by atoms with Gasteiger partial charge in [-0.1, -0.05) is 110 Å². The molecule has 0 atom stereocenters. The molecule has 0 saturated carbocycles. The van der Waals surface area contributed by atoms with Gasteiger partial charge >= 0.3 is 0 Å². The molecule has 12 nitrogen and oxygen atoms in total. The van der Waals surface area contributed by atoms with Gasteiger partial charge in [0.25, 0.3) is 0 Å². The third-order valence-corrected chi connectivity index (χ3v) is 34.5. The van der Waals surface area contributed by atoms with Crippen molar-refractivity contribution in [2.45, 2.75) is 106 Å². The van der Waals surface area contributed by atoms with Crippen LogP contribution in [0.15, 0.2) is 311 Å². The molecule has 0 N–H and O–H groups in total. The molecule has 0 aliphatic heterocycles. The summed E-state index contributed by atoms with van der Waals surface area (Å²) in [4.78, 5) is 14.3. The second kappa shape index (κ2) is 34.5. The molecule has 21 rings (SSSR count). The SMILES string of the molecule is Cc1ccnc(-n2c3[c-]c([Si](C)(C)c4[c-]c(-n5[cH+]n(C(C)(C)C)c6ccccc65)ccc4)ccc3c3ccccc32)c1.Cc1ccnc(-n2c3[c-]c([Si](C)(C)c4[c-]c(-n5[cH+]n(C(C)C)c6ccccc65)ccc4)ccc3c3ccccc32)c1.Cc1ccnc(-n2c3[c-]c([Si](C)(C)c4[c-]c(-n5[cH+]n(C)c6ccccc65)ccc4)ccc3c3ccccc32)c1.[Pt].[Pt].[Pt]. The summed E-state index contributed by atoms with van der Waals surface area (Å²) in [5.41, 5.74) is 20.6. The standard InChI is InChI=1S/C37H35N4Si.C36H33N4Si.C34H29N4Si.3Pt/c1-26-20-21-38-36(22-26)41-32-15-8-7-14-30(32)31-19-18-29(24-35(31)41)42(5,6)28-13-11-12-27(23-28)39-25-40(37(2,3)4)34-17-10-9-16-33(34)39;1-25(2)38-24-39(34-16-9-8-15-33(34)38)27-11-10-12-28(22-27)41(4,5)29-17-18-31-30-13-6-7-14-32(30)40(35(31)23-29)36-21-26(3)19-20-37-36;1-24-18-19-35-34(20-24)38-30-13-6-5-12-28(30)29-17-16-27(22-33(29)38)39(3,4)26-11-9-10-25(21-26)37-23-36(2)31-14-7-8-15-32(31)37;;;/h7-22,25H,1-6H3;6-21,24-25H,1-5H3;5-20,23H,1-4H3;;;/q3*-1;;;. The van der Waals surface area contributed by atoms with Crippen molar-refractivity contribution in [3.63, 3.8) is 0 Å². The first-order chi connectivity index (χ1) is 58.9. The fourth-order valence-electron chi connectivity index (χ4n) is 17.8. The number of fused-ring (bicyclic) bond motifs is 12. The molecule has 0 radical (unpaired) electrons. The van der Waals surface area contributed by atoms with Crippen LogP contribution >= 0.6 is 0 Å². The topological polar surface area (TPSA) is 83.0 Å². The van der Waals surface area contributed by atoms with E-state index in [1.807, 2.05) is 36.8 Å². The molecule has 0 aliphatic rings. The van der Waals surface area contributed by atoms with E-state index in [1.165, 1.54) is 113 Å². The first-order valence-electron chi connectivity index (χ1n) is 42.1. The van der Waals surface area contributed by atoms with Crippen LogP contribution in [-0.2, 0) is 75.8 Å². The number of rotatable bonds is 13. The van der Waals surface area contributed by atoms with Crippen LogP contribution in [0.25, 0.3) is 133 Å². The summed E-state index contributed by atoms with van der Waals surface area (Å²) in [5.74, 6) is 2.78. The Hall–Kier alpha value is -11.4. The summed E-state index contributed by atoms with van der Waals surface area (Å²) in [6.45, 7) is 31.9. The van der Waals surface area contributed by atoms with Gasteiger partial charge in [-0.15, -0.1) is 52.6 Å². The molecular formula is C107H97N12Pt3Si3-3. The molecule has 0 bridgehead atoms. The van der Waals surface area contributed by atoms with E-state index in [4.69, 9.17) is 15.0 Å². The number of aryl methyl sites for hydroxylation is 4. The molecule has 125 heavy (non-hydrogen) atoms. The quantitative estimate of drug-likeness (QED) is 0.0852. The average Bonchev–Trinajstić information content (AvgIpc) is 1.60. The Labute approximate surface area is 777 Å². The third-order valence-electron chi connectivity index (χ3n) is 24.7. The molecule has 0 unspecified atom stereocenters. The molecule has 12 aromatic carbocycles. The van der Waals surface area contributed by atoms with Crippen molar-refractivity contribution in [1.29, 1.82) is 0 Å². The van der Waals surface area contributed by atoms with Crippen LogP contribution in [0.5, 0.6) is 0 Å². The molecule has 0 amide bonds. The number of benzene rings is 12. The van der Waals surface area contributed by atoms with Crippen molar-refractivity contribution >= 4 is 154 Å². The number of imidazole rings is 3. The van der Waals surface area contributed by atoms with Gasteiger partial charge in [-0.3, -0.25) is 0 Å². The fraction of sp³-hybridized carbons (Fsp3) is 0.159. The molecule has 18 heteroatoms. The maximum absolute atomic E-state index is 4.76. The summed E-state index contributed by atoms with van der Waals surface area (Å²) in [6, 6.07) is 121. The van der Waals surface area contributed by atoms with Gasteiger partial charge in [0.15, 0.2) is 52.1 Å². The smallest absolute Gasteiger partial charge is 0.188 e. The van der Waals surface area contributed by atoms with Crippen LogP contribution in [0.2, 0.25) is 39.3 Å². The fourth-order valence-corrected chi connectivity index (χ4v) is 24.3. The monoisotopic (exact) mass is 2220 g/mol. The van der Waals surface area contributed by atoms with Crippen molar-refractivity contribution in [2.75, 3.05) is 0 Å². The number of pyridine rings is 3. The predicted octanol–water partition coefficient (Wildman–Crippen LogP) is 21.7. The van der Waals surface area contributed by atoms with Gasteiger partial charge in [0.2, 0.25) is 0 Å². The third kappa shape index (κ3) is 15.8. The minimum Gasteiger partial charge on any atom is -0.319 e. The summed E-state index contributed by atoms with van der Waals surface area (Å²) in [5, 5.41) is 14.8. The first kappa shape index (κ1) is 87.1. The molecule has 0 spiro atoms. The summed E-state index contributed by atoms with van der Waals surface area (Å²) in [6.07, 6.45) is 12.2. The summed E-state index contributed by atoms with van der Waals surface area (Å²) >= 11 is 0. The van der Waals surface area contributed by atoms with Gasteiger partial charge in [0, 0.05) is 159 Å². The molecule has 0 fully saturated rings. The summed E-state index contributed by atoms with van der Waals surface area (Å²) in [7, 11) is -4.41. The van der Waals surface area contributed by atoms with Crippen LogP contribution in [0.4, 0.5) is 0 Å². The molecule has 21 aromatic rings. The van der Waals surface area contributed by atoms with Crippen molar-refractivity contribution in [3.05, 3.63) is 364 Å². The Morgan fingerprint density at radius 2 is 0.600 bits per heavy atom. The van der Waals surface area contributed by atoms with Crippen molar-refractivity contribution < 1.29 is 63.2 Å². The van der Waals surface area contributed by atoms with Crippen molar-refractivity contribution in [1.82, 2.24) is 56.1 Å². The van der Waals surface area contributed by atoms with Crippen LogP contribution < -0.4 is 31.1 Å². The van der Waals surface area contributed by atoms with Crippen molar-refractivity contribution in [3.8, 4) is 34.5 Å². The van der Waals surface area contributed by atoms with Crippen LogP contribution in [0.3, 0.4) is 0 Å². The molecule has 9 aromatic heterocycles. The van der Waals surface area contributed by atoms with Gasteiger partial charge in [0.1, 0.15) is 17.5 Å². The Kier molecular flexibility index (Phi) is 24.1. The van der Waals surface area contributed by atoms with Crippen LogP contribution in [0.1, 0.15) is 57.4 Å². The van der Waals surface area contributed by atoms with E-state index in [-0.39, 0.29) is 68.7 Å². The molecule has 630 valence electrons. The second-order valence-corrected chi connectivity index (χ2v) is 48.3. The number of aromatic nitrogens is 12.